The fourth-order valence-electron chi connectivity index (χ4n) is 9.68. The van der Waals surface area contributed by atoms with Crippen molar-refractivity contribution in [3.63, 3.8) is 0 Å². The maximum atomic E-state index is 5.43. The molecule has 3 heterocycles. The first-order chi connectivity index (χ1) is 33.1. The predicted molar refractivity (Wildman–Crippen MR) is 287 cm³/mol. The quantitative estimate of drug-likeness (QED) is 0.121. The third-order valence-corrected chi connectivity index (χ3v) is 12.9. The highest BCUT2D eigenvalue weighted by molar-refractivity contribution is 6.11. The smallest absolute Gasteiger partial charge is 0.0716 e. The van der Waals surface area contributed by atoms with Crippen LogP contribution in [0.3, 0.4) is 0 Å². The number of anilines is 2. The largest absolute Gasteiger partial charge is 0.344 e. The molecule has 0 atom stereocenters. The van der Waals surface area contributed by atoms with Gasteiger partial charge in [0.15, 0.2) is 0 Å². The van der Waals surface area contributed by atoms with E-state index in [1.165, 1.54) is 32.6 Å². The molecule has 11 rings (SSSR count). The van der Waals surface area contributed by atoms with Crippen LogP contribution in [0.5, 0.6) is 0 Å². The number of pyridine rings is 1. The van der Waals surface area contributed by atoms with E-state index >= 15 is 0 Å². The molecular formula is C63H48N4. The Morgan fingerprint density at radius 1 is 0.537 bits per heavy atom. The molecule has 0 fully saturated rings. The SMILES string of the molecule is C=Cc1ccccc1-c1ccccc1N(C)c1cccc(-c2cc(/C=C/C(=C\C=C/C)n3c4ccccc4c4ccccc43)nc(-c3cccc(-n4c5ccccc5c5ccccc54)c3)c2)c1. The van der Waals surface area contributed by atoms with Crippen molar-refractivity contribution in [2.45, 2.75) is 6.92 Å². The van der Waals surface area contributed by atoms with Crippen molar-refractivity contribution in [1.82, 2.24) is 14.1 Å². The van der Waals surface area contributed by atoms with Crippen molar-refractivity contribution in [3.05, 3.63) is 248 Å². The lowest BCUT2D eigenvalue weighted by molar-refractivity contribution is 1.18. The fourth-order valence-corrected chi connectivity index (χ4v) is 9.68. The van der Waals surface area contributed by atoms with Crippen molar-refractivity contribution >= 4 is 72.8 Å². The summed E-state index contributed by atoms with van der Waals surface area (Å²) in [6.45, 7) is 6.17. The highest BCUT2D eigenvalue weighted by atomic mass is 15.1. The van der Waals surface area contributed by atoms with E-state index in [0.717, 1.165) is 78.6 Å². The summed E-state index contributed by atoms with van der Waals surface area (Å²) < 4.78 is 4.72. The Bertz CT molecular complexity index is 3650. The molecule has 11 aromatic rings. The van der Waals surface area contributed by atoms with Crippen LogP contribution in [0.25, 0.3) is 101 Å². The first-order valence-electron chi connectivity index (χ1n) is 22.8. The minimum Gasteiger partial charge on any atom is -0.344 e. The van der Waals surface area contributed by atoms with Crippen LogP contribution in [0.2, 0.25) is 0 Å². The molecule has 0 spiro atoms. The number of allylic oxidation sites excluding steroid dienone is 5. The summed E-state index contributed by atoms with van der Waals surface area (Å²) >= 11 is 0. The molecule has 3 aromatic heterocycles. The van der Waals surface area contributed by atoms with Gasteiger partial charge in [-0.25, -0.2) is 4.98 Å². The molecule has 0 saturated heterocycles. The van der Waals surface area contributed by atoms with Gasteiger partial charge < -0.3 is 14.0 Å². The van der Waals surface area contributed by atoms with Crippen LogP contribution in [0, 0.1) is 0 Å². The maximum Gasteiger partial charge on any atom is 0.0716 e. The second kappa shape index (κ2) is 17.7. The molecule has 0 saturated carbocycles. The van der Waals surface area contributed by atoms with Crippen molar-refractivity contribution in [3.8, 4) is 39.2 Å². The lowest BCUT2D eigenvalue weighted by Gasteiger charge is -2.24. The van der Waals surface area contributed by atoms with Crippen molar-refractivity contribution in [2.24, 2.45) is 0 Å². The monoisotopic (exact) mass is 860 g/mol. The predicted octanol–water partition coefficient (Wildman–Crippen LogP) is 16.8. The zero-order valence-electron chi connectivity index (χ0n) is 37.6. The lowest BCUT2D eigenvalue weighted by atomic mass is 9.97. The third-order valence-electron chi connectivity index (χ3n) is 12.9. The summed E-state index contributed by atoms with van der Waals surface area (Å²) in [5.74, 6) is 0. The van der Waals surface area contributed by atoms with E-state index in [-0.39, 0.29) is 0 Å². The Labute approximate surface area is 391 Å². The van der Waals surface area contributed by atoms with Gasteiger partial charge in [-0.2, -0.15) is 0 Å². The number of benzene rings is 8. The standard InChI is InChI=1S/C63H48N4/c1-4-6-24-49(66-60-34-15-10-29-54(60)55-30-11-16-35-61(55)66)39-38-48-40-47(45-22-19-25-50(41-45)65(3)59-33-14-9-28-53(59)52-27-8-7-21-44(52)5-2)43-58(64-48)46-23-20-26-51(42-46)67-62-36-17-12-31-56(62)57-32-13-18-37-63(57)67/h4-43H,2H2,1,3H3/b6-4-,39-38+,49-24+. The van der Waals surface area contributed by atoms with E-state index in [9.17, 15) is 0 Å². The molecule has 4 nitrogen and oxygen atoms in total. The van der Waals surface area contributed by atoms with Gasteiger partial charge in [-0.1, -0.05) is 164 Å². The first kappa shape index (κ1) is 41.0. The highest BCUT2D eigenvalue weighted by Crippen LogP contribution is 2.39. The van der Waals surface area contributed by atoms with Crippen LogP contribution < -0.4 is 4.90 Å². The summed E-state index contributed by atoms with van der Waals surface area (Å²) in [6.07, 6.45) is 12.6. The van der Waals surface area contributed by atoms with Gasteiger partial charge in [-0.05, 0) is 114 Å². The number of nitrogens with zero attached hydrogens (tertiary/aromatic N) is 4. The van der Waals surface area contributed by atoms with E-state index in [2.05, 4.69) is 271 Å². The van der Waals surface area contributed by atoms with Gasteiger partial charge in [0.05, 0.1) is 33.5 Å². The van der Waals surface area contributed by atoms with E-state index in [1.54, 1.807) is 0 Å². The van der Waals surface area contributed by atoms with Crippen LogP contribution >= 0.6 is 0 Å². The highest BCUT2D eigenvalue weighted by Gasteiger charge is 2.17. The van der Waals surface area contributed by atoms with E-state index in [0.29, 0.717) is 0 Å². The number of aromatic nitrogens is 3. The van der Waals surface area contributed by atoms with E-state index in [4.69, 9.17) is 4.98 Å². The number of hydrogen-bond acceptors (Lipinski definition) is 2. The van der Waals surface area contributed by atoms with E-state index in [1.807, 2.05) is 6.08 Å². The Hall–Kier alpha value is -8.73. The van der Waals surface area contributed by atoms with Gasteiger partial charge in [-0.3, -0.25) is 0 Å². The summed E-state index contributed by atoms with van der Waals surface area (Å²) in [6, 6.07) is 73.7. The molecule has 0 aliphatic heterocycles. The van der Waals surface area contributed by atoms with Crippen LogP contribution in [-0.2, 0) is 0 Å². The lowest BCUT2D eigenvalue weighted by Crippen LogP contribution is -2.10. The summed E-state index contributed by atoms with van der Waals surface area (Å²) in [5, 5.41) is 4.92. The first-order valence-corrected chi connectivity index (χ1v) is 22.8. The number of rotatable bonds is 11. The van der Waals surface area contributed by atoms with Crippen molar-refractivity contribution < 1.29 is 0 Å². The minimum atomic E-state index is 0.854. The van der Waals surface area contributed by atoms with Gasteiger partial charge >= 0.3 is 0 Å². The normalized spacial score (nSPS) is 12.1. The van der Waals surface area contributed by atoms with Crippen LogP contribution in [0.15, 0.2) is 237 Å². The molecule has 0 amide bonds. The fraction of sp³-hybridized carbons (Fsp3) is 0.0317. The molecule has 0 aliphatic rings. The number of para-hydroxylation sites is 5. The molecule has 0 radical (unpaired) electrons. The van der Waals surface area contributed by atoms with Crippen LogP contribution in [0.4, 0.5) is 11.4 Å². The zero-order valence-corrected chi connectivity index (χ0v) is 37.6. The molecule has 320 valence electrons. The zero-order chi connectivity index (χ0) is 45.3. The van der Waals surface area contributed by atoms with Gasteiger partial charge in [0.25, 0.3) is 0 Å². The Morgan fingerprint density at radius 3 is 1.81 bits per heavy atom. The maximum absolute atomic E-state index is 5.43. The Kier molecular flexibility index (Phi) is 10.8. The minimum absolute atomic E-state index is 0.854. The molecule has 8 aromatic carbocycles. The van der Waals surface area contributed by atoms with Gasteiger partial charge in [0, 0.05) is 62.5 Å². The average Bonchev–Trinajstić information content (AvgIpc) is 3.91. The molecule has 0 unspecified atom stereocenters. The second-order valence-corrected chi connectivity index (χ2v) is 16.8. The molecule has 4 heteroatoms. The van der Waals surface area contributed by atoms with E-state index < -0.39 is 0 Å². The topological polar surface area (TPSA) is 26.0 Å². The molecular weight excluding hydrogens is 813 g/mol. The molecule has 0 aliphatic carbocycles. The average molecular weight is 861 g/mol. The van der Waals surface area contributed by atoms with Crippen LogP contribution in [-0.4, -0.2) is 21.2 Å². The Balaban J connectivity index is 1.06. The molecule has 67 heavy (non-hydrogen) atoms. The summed E-state index contributed by atoms with van der Waals surface area (Å²) in [4.78, 5) is 7.71. The van der Waals surface area contributed by atoms with Crippen molar-refractivity contribution in [1.29, 1.82) is 0 Å². The summed E-state index contributed by atoms with van der Waals surface area (Å²) in [7, 11) is 2.15. The molecule has 0 N–H and O–H groups in total. The van der Waals surface area contributed by atoms with Crippen molar-refractivity contribution in [2.75, 3.05) is 11.9 Å². The number of hydrogen-bond donors (Lipinski definition) is 0. The summed E-state index contributed by atoms with van der Waals surface area (Å²) in [5.41, 5.74) is 17.3. The van der Waals surface area contributed by atoms with Gasteiger partial charge in [-0.15, -0.1) is 0 Å². The molecule has 0 bridgehead atoms. The third kappa shape index (κ3) is 7.55. The van der Waals surface area contributed by atoms with Gasteiger partial charge in [0.1, 0.15) is 0 Å². The second-order valence-electron chi connectivity index (χ2n) is 16.8. The van der Waals surface area contributed by atoms with Crippen LogP contribution in [0.1, 0.15) is 18.2 Å². The number of fused-ring (bicyclic) bond motifs is 6. The Morgan fingerprint density at radius 2 is 1.12 bits per heavy atom. The van der Waals surface area contributed by atoms with Gasteiger partial charge in [0.2, 0.25) is 0 Å².